The van der Waals surface area contributed by atoms with Crippen LogP contribution in [0.4, 0.5) is 0 Å². The minimum absolute atomic E-state index is 0.159. The summed E-state index contributed by atoms with van der Waals surface area (Å²) in [5.74, 6) is 0.159. The molecular weight excluding hydrogens is 228 g/mol. The number of hydrogen-bond donors (Lipinski definition) is 1. The number of hydrogen-bond acceptors (Lipinski definition) is 2. The van der Waals surface area contributed by atoms with Crippen LogP contribution >= 0.6 is 0 Å². The van der Waals surface area contributed by atoms with Crippen molar-refractivity contribution >= 4 is 8.32 Å². The van der Waals surface area contributed by atoms with Crippen LogP contribution in [0.5, 0.6) is 0 Å². The Hall–Kier alpha value is -0.123. The van der Waals surface area contributed by atoms with Crippen LogP contribution in [0.1, 0.15) is 41.0 Å². The molecule has 0 aliphatic rings. The Morgan fingerprint density at radius 2 is 1.82 bits per heavy atom. The molecule has 0 spiro atoms. The van der Waals surface area contributed by atoms with Gasteiger partial charge in [0.25, 0.3) is 0 Å². The molecular formula is C14H30O2Si. The summed E-state index contributed by atoms with van der Waals surface area (Å²) in [6, 6.07) is 0. The van der Waals surface area contributed by atoms with Crippen molar-refractivity contribution in [2.45, 2.75) is 65.3 Å². The van der Waals surface area contributed by atoms with E-state index in [2.05, 4.69) is 40.8 Å². The first kappa shape index (κ1) is 16.9. The summed E-state index contributed by atoms with van der Waals surface area (Å²) in [7, 11) is -1.68. The van der Waals surface area contributed by atoms with E-state index < -0.39 is 8.32 Å². The summed E-state index contributed by atoms with van der Waals surface area (Å²) in [6.07, 6.45) is 4.46. The molecule has 0 saturated heterocycles. The van der Waals surface area contributed by atoms with E-state index >= 15 is 0 Å². The van der Waals surface area contributed by atoms with Gasteiger partial charge in [-0.1, -0.05) is 46.8 Å². The van der Waals surface area contributed by atoms with Crippen molar-refractivity contribution in [2.24, 2.45) is 5.92 Å². The zero-order chi connectivity index (χ0) is 13.7. The van der Waals surface area contributed by atoms with Gasteiger partial charge in [0.15, 0.2) is 8.32 Å². The molecule has 0 rings (SSSR count). The van der Waals surface area contributed by atoms with Crippen LogP contribution < -0.4 is 0 Å². The van der Waals surface area contributed by atoms with Crippen molar-refractivity contribution in [2.75, 3.05) is 6.61 Å². The number of aliphatic hydroxyl groups is 1. The van der Waals surface area contributed by atoms with Gasteiger partial charge in [0.05, 0.1) is 6.10 Å². The van der Waals surface area contributed by atoms with Gasteiger partial charge in [0, 0.05) is 12.5 Å². The molecule has 3 heteroatoms. The zero-order valence-corrected chi connectivity index (χ0v) is 13.6. The Balaban J connectivity index is 4.24. The molecule has 1 N–H and O–H groups in total. The molecule has 102 valence electrons. The highest BCUT2D eigenvalue weighted by Gasteiger charge is 2.37. The molecule has 17 heavy (non-hydrogen) atoms. The molecule has 0 heterocycles. The first-order valence-electron chi connectivity index (χ1n) is 6.60. The molecule has 0 radical (unpaired) electrons. The second-order valence-electron chi connectivity index (χ2n) is 6.38. The van der Waals surface area contributed by atoms with E-state index in [0.717, 1.165) is 6.42 Å². The van der Waals surface area contributed by atoms with Crippen LogP contribution in [0, 0.1) is 5.92 Å². The van der Waals surface area contributed by atoms with Gasteiger partial charge < -0.3 is 9.53 Å². The van der Waals surface area contributed by atoms with Crippen LogP contribution in [0.3, 0.4) is 0 Å². The molecule has 0 aromatic carbocycles. The summed E-state index contributed by atoms with van der Waals surface area (Å²) >= 11 is 0. The van der Waals surface area contributed by atoms with E-state index in [0.29, 0.717) is 6.61 Å². The van der Waals surface area contributed by atoms with Crippen molar-refractivity contribution in [3.63, 3.8) is 0 Å². The molecule has 0 aliphatic carbocycles. The highest BCUT2D eigenvalue weighted by Crippen LogP contribution is 2.36. The van der Waals surface area contributed by atoms with E-state index in [9.17, 15) is 5.11 Å². The maximum atomic E-state index is 9.90. The van der Waals surface area contributed by atoms with Gasteiger partial charge in [-0.05, 0) is 24.6 Å². The minimum Gasteiger partial charge on any atom is -0.416 e. The second kappa shape index (κ2) is 6.71. The summed E-state index contributed by atoms with van der Waals surface area (Å²) < 4.78 is 6.10. The first-order chi connectivity index (χ1) is 7.62. The average Bonchev–Trinajstić information content (AvgIpc) is 2.20. The quantitative estimate of drug-likeness (QED) is 0.577. The molecule has 0 aliphatic heterocycles. The lowest BCUT2D eigenvalue weighted by molar-refractivity contribution is 0.114. The van der Waals surface area contributed by atoms with E-state index in [1.54, 1.807) is 0 Å². The lowest BCUT2D eigenvalue weighted by Crippen LogP contribution is -2.42. The van der Waals surface area contributed by atoms with Crippen molar-refractivity contribution < 1.29 is 9.53 Å². The molecule has 0 fully saturated rings. The van der Waals surface area contributed by atoms with E-state index in [4.69, 9.17) is 4.43 Å². The Morgan fingerprint density at radius 1 is 1.29 bits per heavy atom. The fourth-order valence-electron chi connectivity index (χ4n) is 1.12. The molecule has 0 aromatic rings. The third kappa shape index (κ3) is 5.84. The van der Waals surface area contributed by atoms with Gasteiger partial charge in [-0.15, -0.1) is 0 Å². The minimum atomic E-state index is -1.68. The van der Waals surface area contributed by atoms with Gasteiger partial charge >= 0.3 is 0 Å². The molecule has 0 amide bonds. The topological polar surface area (TPSA) is 29.5 Å². The molecule has 2 atom stereocenters. The van der Waals surface area contributed by atoms with Gasteiger partial charge in [-0.25, -0.2) is 0 Å². The smallest absolute Gasteiger partial charge is 0.191 e. The first-order valence-corrected chi connectivity index (χ1v) is 9.51. The lowest BCUT2D eigenvalue weighted by atomic mass is 10.1. The van der Waals surface area contributed by atoms with Crippen LogP contribution in [-0.2, 0) is 4.43 Å². The summed E-state index contributed by atoms with van der Waals surface area (Å²) in [5.41, 5.74) is 0. The van der Waals surface area contributed by atoms with E-state index in [1.165, 1.54) is 0 Å². The Bertz CT molecular complexity index is 241. The predicted molar refractivity (Wildman–Crippen MR) is 77.8 cm³/mol. The standard InChI is InChI=1S/C14H30O2Si/c1-8-9-10-13(15)12(2)11-16-17(6,7)14(3,4)5/h9-10,12-13,15H,8,11H2,1-7H3/b10-9+/t12-,13-/m0/s1. The third-order valence-electron chi connectivity index (χ3n) is 3.67. The Morgan fingerprint density at radius 3 is 2.24 bits per heavy atom. The van der Waals surface area contributed by atoms with Crippen LogP contribution in [0.25, 0.3) is 0 Å². The molecule has 2 nitrogen and oxygen atoms in total. The van der Waals surface area contributed by atoms with Crippen LogP contribution in [0.15, 0.2) is 12.2 Å². The normalized spacial score (nSPS) is 17.4. The molecule has 0 aromatic heterocycles. The summed E-state index contributed by atoms with van der Waals surface area (Å²) in [4.78, 5) is 0. The number of aliphatic hydroxyl groups excluding tert-OH is 1. The predicted octanol–water partition coefficient (Wildman–Crippen LogP) is 3.97. The molecule has 0 bridgehead atoms. The van der Waals surface area contributed by atoms with E-state index in [-0.39, 0.29) is 17.1 Å². The van der Waals surface area contributed by atoms with Crippen LogP contribution in [0.2, 0.25) is 18.1 Å². The van der Waals surface area contributed by atoms with Crippen molar-refractivity contribution in [3.05, 3.63) is 12.2 Å². The zero-order valence-electron chi connectivity index (χ0n) is 12.6. The Labute approximate surface area is 108 Å². The van der Waals surface area contributed by atoms with Crippen molar-refractivity contribution in [1.29, 1.82) is 0 Å². The molecule has 0 unspecified atom stereocenters. The average molecular weight is 258 g/mol. The monoisotopic (exact) mass is 258 g/mol. The number of allylic oxidation sites excluding steroid dienone is 1. The Kier molecular flexibility index (Phi) is 6.67. The summed E-state index contributed by atoms with van der Waals surface area (Å²) in [6.45, 7) is 15.9. The van der Waals surface area contributed by atoms with Crippen molar-refractivity contribution in [1.82, 2.24) is 0 Å². The van der Waals surface area contributed by atoms with Gasteiger partial charge in [-0.3, -0.25) is 0 Å². The highest BCUT2D eigenvalue weighted by molar-refractivity contribution is 6.74. The fraction of sp³-hybridized carbons (Fsp3) is 0.857. The van der Waals surface area contributed by atoms with Gasteiger partial charge in [0.2, 0.25) is 0 Å². The molecule has 0 saturated carbocycles. The maximum absolute atomic E-state index is 9.90. The summed E-state index contributed by atoms with van der Waals surface area (Å²) in [5, 5.41) is 10.1. The van der Waals surface area contributed by atoms with Gasteiger partial charge in [-0.2, -0.15) is 0 Å². The SMILES string of the molecule is CC/C=C/[C@H](O)[C@@H](C)CO[Si](C)(C)C(C)(C)C. The third-order valence-corrected chi connectivity index (χ3v) is 8.17. The van der Waals surface area contributed by atoms with E-state index in [1.807, 2.05) is 19.1 Å². The lowest BCUT2D eigenvalue weighted by Gasteiger charge is -2.37. The van der Waals surface area contributed by atoms with Crippen LogP contribution in [-0.4, -0.2) is 26.1 Å². The second-order valence-corrected chi connectivity index (χ2v) is 11.2. The largest absolute Gasteiger partial charge is 0.416 e. The van der Waals surface area contributed by atoms with Gasteiger partial charge in [0.1, 0.15) is 0 Å². The number of rotatable bonds is 6. The highest BCUT2D eigenvalue weighted by atomic mass is 28.4. The van der Waals surface area contributed by atoms with Crippen molar-refractivity contribution in [3.8, 4) is 0 Å². The maximum Gasteiger partial charge on any atom is 0.191 e. The fourth-order valence-corrected chi connectivity index (χ4v) is 2.23.